The number of rotatable bonds is 5. The average molecular weight is 298 g/mol. The van der Waals surface area contributed by atoms with E-state index in [1.165, 1.54) is 6.33 Å². The summed E-state index contributed by atoms with van der Waals surface area (Å²) in [5.74, 6) is 2.11. The molecule has 1 aliphatic rings. The van der Waals surface area contributed by atoms with E-state index in [1.807, 2.05) is 18.9 Å². The molecule has 1 aromatic heterocycles. The number of nitrogens with zero attached hydrogens (tertiary/aromatic N) is 3. The maximum Gasteiger partial charge on any atom is 0.152 e. The molecular formula is C13H22N4O2S. The molecule has 0 radical (unpaired) electrons. The summed E-state index contributed by atoms with van der Waals surface area (Å²) in [5.41, 5.74) is 0.966. The van der Waals surface area contributed by atoms with Crippen LogP contribution in [-0.2, 0) is 9.84 Å². The Balaban J connectivity index is 2.20. The maximum absolute atomic E-state index is 11.6. The SMILES string of the molecule is CCCNc1ncnc(N(C)C2CCS(=O)(=O)C2)c1C. The summed E-state index contributed by atoms with van der Waals surface area (Å²) in [4.78, 5) is 10.5. The molecule has 2 rings (SSSR count). The van der Waals surface area contributed by atoms with Gasteiger partial charge in [0.05, 0.1) is 11.5 Å². The first-order valence-electron chi connectivity index (χ1n) is 6.93. The standard InChI is InChI=1S/C13H22N4O2S/c1-4-6-14-12-10(2)13(16-9-15-12)17(3)11-5-7-20(18,19)8-11/h9,11H,4-8H2,1-3H3,(H,14,15,16). The third-order valence-electron chi connectivity index (χ3n) is 3.69. The number of aromatic nitrogens is 2. The van der Waals surface area contributed by atoms with Crippen LogP contribution >= 0.6 is 0 Å². The second kappa shape index (κ2) is 5.95. The van der Waals surface area contributed by atoms with Gasteiger partial charge in [-0.3, -0.25) is 0 Å². The maximum atomic E-state index is 11.6. The van der Waals surface area contributed by atoms with Crippen LogP contribution in [0.1, 0.15) is 25.3 Å². The summed E-state index contributed by atoms with van der Waals surface area (Å²) in [6, 6.07) is 0.00706. The Morgan fingerprint density at radius 3 is 2.80 bits per heavy atom. The van der Waals surface area contributed by atoms with Crippen LogP contribution in [0.5, 0.6) is 0 Å². The molecule has 1 N–H and O–H groups in total. The average Bonchev–Trinajstić information content (AvgIpc) is 2.77. The molecule has 1 atom stereocenters. The fraction of sp³-hybridized carbons (Fsp3) is 0.692. The molecule has 0 bridgehead atoms. The third-order valence-corrected chi connectivity index (χ3v) is 5.44. The van der Waals surface area contributed by atoms with Gasteiger partial charge in [-0.05, 0) is 19.8 Å². The minimum atomic E-state index is -2.89. The molecular weight excluding hydrogens is 276 g/mol. The van der Waals surface area contributed by atoms with E-state index in [4.69, 9.17) is 0 Å². The largest absolute Gasteiger partial charge is 0.370 e. The Hall–Kier alpha value is -1.37. The van der Waals surface area contributed by atoms with E-state index in [1.54, 1.807) is 0 Å². The van der Waals surface area contributed by atoms with E-state index in [0.29, 0.717) is 6.42 Å². The molecule has 1 aliphatic heterocycles. The zero-order valence-electron chi connectivity index (χ0n) is 12.3. The van der Waals surface area contributed by atoms with Gasteiger partial charge in [-0.2, -0.15) is 0 Å². The van der Waals surface area contributed by atoms with Crippen molar-refractivity contribution in [1.29, 1.82) is 0 Å². The summed E-state index contributed by atoms with van der Waals surface area (Å²) in [6.45, 7) is 4.92. The molecule has 2 heterocycles. The van der Waals surface area contributed by atoms with Crippen LogP contribution in [0.25, 0.3) is 0 Å². The van der Waals surface area contributed by atoms with Gasteiger partial charge in [0.1, 0.15) is 18.0 Å². The molecule has 1 unspecified atom stereocenters. The van der Waals surface area contributed by atoms with Gasteiger partial charge in [0.15, 0.2) is 9.84 Å². The predicted octanol–water partition coefficient (Wildman–Crippen LogP) is 1.23. The van der Waals surface area contributed by atoms with E-state index < -0.39 is 9.84 Å². The first kappa shape index (κ1) is 15.0. The topological polar surface area (TPSA) is 75.2 Å². The summed E-state index contributed by atoms with van der Waals surface area (Å²) in [6.07, 6.45) is 3.22. The summed E-state index contributed by atoms with van der Waals surface area (Å²) in [5, 5.41) is 3.27. The fourth-order valence-corrected chi connectivity index (χ4v) is 4.25. The van der Waals surface area contributed by atoms with Gasteiger partial charge in [-0.1, -0.05) is 6.92 Å². The Kier molecular flexibility index (Phi) is 4.47. The highest BCUT2D eigenvalue weighted by molar-refractivity contribution is 7.91. The van der Waals surface area contributed by atoms with Gasteiger partial charge < -0.3 is 10.2 Å². The summed E-state index contributed by atoms with van der Waals surface area (Å²) >= 11 is 0. The lowest BCUT2D eigenvalue weighted by Crippen LogP contribution is -2.34. The Morgan fingerprint density at radius 2 is 2.20 bits per heavy atom. The molecule has 6 nitrogen and oxygen atoms in total. The van der Waals surface area contributed by atoms with Crippen LogP contribution in [0.4, 0.5) is 11.6 Å². The van der Waals surface area contributed by atoms with Gasteiger partial charge in [-0.15, -0.1) is 0 Å². The molecule has 1 saturated heterocycles. The first-order chi connectivity index (χ1) is 9.44. The van der Waals surface area contributed by atoms with Crippen LogP contribution in [0, 0.1) is 6.92 Å². The van der Waals surface area contributed by atoms with Crippen molar-refractivity contribution >= 4 is 21.5 Å². The van der Waals surface area contributed by atoms with Crippen molar-refractivity contribution in [2.24, 2.45) is 0 Å². The molecule has 0 spiro atoms. The van der Waals surface area contributed by atoms with E-state index in [0.717, 1.165) is 30.2 Å². The minimum absolute atomic E-state index is 0.00706. The van der Waals surface area contributed by atoms with Crippen LogP contribution in [0.15, 0.2) is 6.33 Å². The normalized spacial score (nSPS) is 20.9. The first-order valence-corrected chi connectivity index (χ1v) is 8.75. The monoisotopic (exact) mass is 298 g/mol. The van der Waals surface area contributed by atoms with E-state index >= 15 is 0 Å². The van der Waals surface area contributed by atoms with E-state index in [9.17, 15) is 8.42 Å². The number of hydrogen-bond acceptors (Lipinski definition) is 6. The molecule has 1 fully saturated rings. The third kappa shape index (κ3) is 3.20. The lowest BCUT2D eigenvalue weighted by molar-refractivity contribution is 0.600. The molecule has 1 aromatic rings. The number of nitrogens with one attached hydrogen (secondary N) is 1. The number of sulfone groups is 1. The summed E-state index contributed by atoms with van der Waals surface area (Å²) < 4.78 is 23.2. The van der Waals surface area contributed by atoms with Crippen molar-refractivity contribution in [2.45, 2.75) is 32.7 Å². The van der Waals surface area contributed by atoms with Crippen molar-refractivity contribution in [1.82, 2.24) is 9.97 Å². The molecule has 20 heavy (non-hydrogen) atoms. The quantitative estimate of drug-likeness (QED) is 0.881. The van der Waals surface area contributed by atoms with Gasteiger partial charge in [0.2, 0.25) is 0 Å². The Bertz CT molecular complexity index is 574. The minimum Gasteiger partial charge on any atom is -0.370 e. The number of anilines is 2. The molecule has 0 aliphatic carbocycles. The van der Waals surface area contributed by atoms with Crippen molar-refractivity contribution in [2.75, 3.05) is 35.3 Å². The highest BCUT2D eigenvalue weighted by Crippen LogP contribution is 2.26. The summed E-state index contributed by atoms with van der Waals surface area (Å²) in [7, 11) is -0.979. The highest BCUT2D eigenvalue weighted by atomic mass is 32.2. The molecule has 7 heteroatoms. The van der Waals surface area contributed by atoms with Gasteiger partial charge in [0, 0.05) is 25.2 Å². The lowest BCUT2D eigenvalue weighted by atomic mass is 10.2. The molecule has 0 saturated carbocycles. The van der Waals surface area contributed by atoms with E-state index in [-0.39, 0.29) is 17.5 Å². The van der Waals surface area contributed by atoms with Crippen molar-refractivity contribution in [3.63, 3.8) is 0 Å². The molecule has 0 aromatic carbocycles. The van der Waals surface area contributed by atoms with Gasteiger partial charge >= 0.3 is 0 Å². The Labute approximate surface area is 120 Å². The second-order valence-electron chi connectivity index (χ2n) is 5.27. The van der Waals surface area contributed by atoms with Crippen molar-refractivity contribution in [3.8, 4) is 0 Å². The van der Waals surface area contributed by atoms with Crippen LogP contribution < -0.4 is 10.2 Å². The molecule has 0 amide bonds. The lowest BCUT2D eigenvalue weighted by Gasteiger charge is -2.26. The van der Waals surface area contributed by atoms with Crippen LogP contribution in [0.2, 0.25) is 0 Å². The van der Waals surface area contributed by atoms with Gasteiger partial charge in [-0.25, -0.2) is 18.4 Å². The zero-order valence-corrected chi connectivity index (χ0v) is 13.1. The van der Waals surface area contributed by atoms with Crippen molar-refractivity contribution in [3.05, 3.63) is 11.9 Å². The van der Waals surface area contributed by atoms with Crippen molar-refractivity contribution < 1.29 is 8.42 Å². The zero-order chi connectivity index (χ0) is 14.8. The highest BCUT2D eigenvalue weighted by Gasteiger charge is 2.32. The van der Waals surface area contributed by atoms with Crippen LogP contribution in [-0.4, -0.2) is 49.5 Å². The molecule has 112 valence electrons. The van der Waals surface area contributed by atoms with Crippen LogP contribution in [0.3, 0.4) is 0 Å². The predicted molar refractivity (Wildman–Crippen MR) is 81.0 cm³/mol. The Morgan fingerprint density at radius 1 is 1.45 bits per heavy atom. The van der Waals surface area contributed by atoms with Gasteiger partial charge in [0.25, 0.3) is 0 Å². The fourth-order valence-electron chi connectivity index (χ4n) is 2.47. The smallest absolute Gasteiger partial charge is 0.152 e. The second-order valence-corrected chi connectivity index (χ2v) is 7.49. The van der Waals surface area contributed by atoms with E-state index in [2.05, 4.69) is 22.2 Å². The number of hydrogen-bond donors (Lipinski definition) is 1.